The van der Waals surface area contributed by atoms with Crippen molar-refractivity contribution in [3.05, 3.63) is 0 Å². The topological polar surface area (TPSA) is 330 Å². The smallest absolute Gasteiger partial charge is 0.250 e. The van der Waals surface area contributed by atoms with Crippen molar-refractivity contribution in [2.24, 2.45) is 17.2 Å². The molecule has 0 radical (unpaired) electrons. The Bertz CT molecular complexity index is 927. The number of rotatable bonds is 14. The first-order valence-electron chi connectivity index (χ1n) is 15.1. The van der Waals surface area contributed by atoms with E-state index in [0.29, 0.717) is 6.42 Å². The van der Waals surface area contributed by atoms with E-state index in [4.69, 9.17) is 36.1 Å². The van der Waals surface area contributed by atoms with Gasteiger partial charge in [0, 0.05) is 25.7 Å². The van der Waals surface area contributed by atoms with E-state index in [1.807, 2.05) is 0 Å². The van der Waals surface area contributed by atoms with Crippen LogP contribution in [0.25, 0.3) is 0 Å². The molecule has 3 rings (SSSR count). The number of aliphatic hydroxyl groups excluding tert-OH is 7. The molecule has 17 N–H and O–H groups in total. The Morgan fingerprint density at radius 1 is 1.00 bits per heavy atom. The predicted molar refractivity (Wildman–Crippen MR) is 154 cm³/mol. The fourth-order valence-corrected chi connectivity index (χ4v) is 5.88. The summed E-state index contributed by atoms with van der Waals surface area (Å²) in [5.74, 6) is -0.869. The molecule has 0 aromatic heterocycles. The maximum absolute atomic E-state index is 12.5. The third kappa shape index (κ3) is 9.24. The predicted octanol–water partition coefficient (Wildman–Crippen LogP) is -8.18. The molecule has 1 saturated carbocycles. The van der Waals surface area contributed by atoms with Gasteiger partial charge in [0.1, 0.15) is 60.5 Å². The van der Waals surface area contributed by atoms with Gasteiger partial charge in [-0.3, -0.25) is 4.79 Å². The van der Waals surface area contributed by atoms with Gasteiger partial charge in [-0.25, -0.2) is 0 Å². The van der Waals surface area contributed by atoms with Crippen LogP contribution in [0.15, 0.2) is 0 Å². The van der Waals surface area contributed by atoms with E-state index in [2.05, 4.69) is 16.0 Å². The van der Waals surface area contributed by atoms with Gasteiger partial charge in [0.15, 0.2) is 12.6 Å². The van der Waals surface area contributed by atoms with E-state index in [1.165, 1.54) is 14.0 Å². The van der Waals surface area contributed by atoms with Gasteiger partial charge in [-0.1, -0.05) is 0 Å². The van der Waals surface area contributed by atoms with Gasteiger partial charge in [-0.15, -0.1) is 0 Å². The van der Waals surface area contributed by atoms with E-state index in [9.17, 15) is 45.6 Å². The van der Waals surface area contributed by atoms with Crippen molar-refractivity contribution in [1.29, 1.82) is 0 Å². The minimum absolute atomic E-state index is 0.0532. The number of amides is 1. The Balaban J connectivity index is 1.79. The highest BCUT2D eigenvalue weighted by Crippen LogP contribution is 2.32. The normalized spacial score (nSPS) is 43.9. The summed E-state index contributed by atoms with van der Waals surface area (Å²) in [6.07, 6.45) is -17.1. The fourth-order valence-electron chi connectivity index (χ4n) is 5.88. The van der Waals surface area contributed by atoms with Crippen LogP contribution in [-0.4, -0.2) is 184 Å². The van der Waals surface area contributed by atoms with E-state index in [0.717, 1.165) is 0 Å². The Hall–Kier alpha value is -1.21. The minimum atomic E-state index is -1.77. The second kappa shape index (κ2) is 16.8. The van der Waals surface area contributed by atoms with E-state index in [-0.39, 0.29) is 39.2 Å². The lowest BCUT2D eigenvalue weighted by Crippen LogP contribution is -2.70. The Morgan fingerprint density at radius 3 is 2.29 bits per heavy atom. The van der Waals surface area contributed by atoms with Gasteiger partial charge in [-0.2, -0.15) is 0 Å². The van der Waals surface area contributed by atoms with Crippen LogP contribution in [-0.2, 0) is 23.7 Å². The van der Waals surface area contributed by atoms with Crippen LogP contribution in [0.2, 0.25) is 0 Å². The second-order valence-electron chi connectivity index (χ2n) is 12.2. The summed E-state index contributed by atoms with van der Waals surface area (Å²) in [4.78, 5) is 12.5. The molecular formula is C26H52N6O13. The van der Waals surface area contributed by atoms with Crippen LogP contribution in [0.1, 0.15) is 19.8 Å². The van der Waals surface area contributed by atoms with Gasteiger partial charge in [-0.05, 0) is 33.4 Å². The largest absolute Gasteiger partial charge is 0.392 e. The van der Waals surface area contributed by atoms with Crippen LogP contribution in [0.4, 0.5) is 0 Å². The Kier molecular flexibility index (Phi) is 14.2. The lowest BCUT2D eigenvalue weighted by molar-refractivity contribution is -0.331. The first kappa shape index (κ1) is 38.2. The van der Waals surface area contributed by atoms with Gasteiger partial charge >= 0.3 is 0 Å². The summed E-state index contributed by atoms with van der Waals surface area (Å²) < 4.78 is 23.2. The number of hydrogen-bond acceptors (Lipinski definition) is 18. The highest BCUT2D eigenvalue weighted by molar-refractivity contribution is 5.81. The summed E-state index contributed by atoms with van der Waals surface area (Å²) in [5, 5.41) is 92.8. The molecule has 19 nitrogen and oxygen atoms in total. The third-order valence-electron chi connectivity index (χ3n) is 8.49. The van der Waals surface area contributed by atoms with Crippen molar-refractivity contribution in [2.45, 2.75) is 117 Å². The molecule has 2 aliphatic heterocycles. The molecular weight excluding hydrogens is 604 g/mol. The van der Waals surface area contributed by atoms with Crippen LogP contribution < -0.4 is 33.2 Å². The van der Waals surface area contributed by atoms with Crippen LogP contribution in [0, 0.1) is 0 Å². The zero-order valence-corrected chi connectivity index (χ0v) is 25.5. The van der Waals surface area contributed by atoms with Crippen molar-refractivity contribution in [3.63, 3.8) is 0 Å². The average Bonchev–Trinajstić information content (AvgIpc) is 2.98. The first-order chi connectivity index (χ1) is 21.2. The first-order valence-corrected chi connectivity index (χ1v) is 15.1. The molecule has 3 aliphatic rings. The molecule has 0 bridgehead atoms. The van der Waals surface area contributed by atoms with Crippen molar-refractivity contribution in [1.82, 2.24) is 16.0 Å². The molecule has 264 valence electrons. The highest BCUT2D eigenvalue weighted by Gasteiger charge is 2.53. The zero-order chi connectivity index (χ0) is 33.6. The fraction of sp³-hybridized carbons (Fsp3) is 0.962. The molecule has 1 aliphatic carbocycles. The second-order valence-corrected chi connectivity index (χ2v) is 12.2. The van der Waals surface area contributed by atoms with Crippen LogP contribution >= 0.6 is 0 Å². The summed E-state index contributed by atoms with van der Waals surface area (Å²) >= 11 is 0. The maximum atomic E-state index is 12.5. The lowest BCUT2D eigenvalue weighted by Gasteiger charge is -2.49. The number of carbonyl (C=O) groups is 1. The zero-order valence-electron chi connectivity index (χ0n) is 25.5. The molecule has 45 heavy (non-hydrogen) atoms. The van der Waals surface area contributed by atoms with Gasteiger partial charge in [0.2, 0.25) is 5.91 Å². The number of ether oxygens (including phenoxy) is 4. The Labute approximate surface area is 260 Å². The van der Waals surface area contributed by atoms with Gasteiger partial charge in [0.05, 0.1) is 24.8 Å². The number of hydrogen-bond donors (Lipinski definition) is 14. The van der Waals surface area contributed by atoms with Crippen molar-refractivity contribution in [3.8, 4) is 0 Å². The molecule has 3 fully saturated rings. The SMILES string of the molecule is CNC1C(O)C(OC2C(NC(=O)C(O)CN)CC(N)C(OC3OC(CNCC(O)CCN)C(O)C(O)C3O)C2O)OCC1(C)O. The van der Waals surface area contributed by atoms with Crippen LogP contribution in [0.5, 0.6) is 0 Å². The van der Waals surface area contributed by atoms with Crippen molar-refractivity contribution >= 4 is 5.91 Å². The molecule has 1 amide bonds. The minimum Gasteiger partial charge on any atom is -0.392 e. The number of nitrogens with two attached hydrogens (primary N) is 3. The molecule has 16 unspecified atom stereocenters. The average molecular weight is 657 g/mol. The molecule has 19 heteroatoms. The monoisotopic (exact) mass is 656 g/mol. The number of nitrogens with one attached hydrogen (secondary N) is 3. The number of carbonyl (C=O) groups excluding carboxylic acids is 1. The van der Waals surface area contributed by atoms with Gasteiger partial charge in [0.25, 0.3) is 0 Å². The molecule has 0 aromatic rings. The van der Waals surface area contributed by atoms with Crippen molar-refractivity contribution < 1.29 is 64.6 Å². The molecule has 2 heterocycles. The summed E-state index contributed by atoms with van der Waals surface area (Å²) in [5.41, 5.74) is 15.7. The highest BCUT2D eigenvalue weighted by atomic mass is 16.7. The maximum Gasteiger partial charge on any atom is 0.250 e. The molecule has 0 spiro atoms. The molecule has 0 aromatic carbocycles. The summed E-state index contributed by atoms with van der Waals surface area (Å²) in [6.45, 7) is 1.14. The van der Waals surface area contributed by atoms with Crippen LogP contribution in [0.3, 0.4) is 0 Å². The summed E-state index contributed by atoms with van der Waals surface area (Å²) in [7, 11) is 1.52. The molecule has 16 atom stereocenters. The lowest BCUT2D eigenvalue weighted by atomic mass is 9.83. The molecule has 2 saturated heterocycles. The Morgan fingerprint density at radius 2 is 1.67 bits per heavy atom. The van der Waals surface area contributed by atoms with E-state index < -0.39 is 103 Å². The van der Waals surface area contributed by atoms with Crippen molar-refractivity contribution in [2.75, 3.05) is 39.8 Å². The van der Waals surface area contributed by atoms with E-state index >= 15 is 0 Å². The quantitative estimate of drug-likeness (QED) is 0.0825. The van der Waals surface area contributed by atoms with Gasteiger partial charge < -0.3 is 93.0 Å². The standard InChI is InChI=1S/C26H52N6O13/c1-26(41)9-42-24(19(39)22(26)30-2)45-21-12(32-23(40)13(34)6-28)5-11(29)20(18(21)38)44-25-17(37)16(36)15(35)14(43-25)8-31-7-10(33)3-4-27/h10-22,24-25,30-31,33-39,41H,3-9,27-29H2,1-2H3,(H,32,40). The van der Waals surface area contributed by atoms with E-state index in [1.54, 1.807) is 0 Å². The summed E-state index contributed by atoms with van der Waals surface area (Å²) in [6, 6.07) is -3.00. The number of aliphatic hydroxyl groups is 8. The third-order valence-corrected chi connectivity index (χ3v) is 8.49. The number of likely N-dealkylation sites (N-methyl/N-ethyl adjacent to an activating group) is 1.